The van der Waals surface area contributed by atoms with Gasteiger partial charge in [0, 0.05) is 24.0 Å². The van der Waals surface area contributed by atoms with Gasteiger partial charge in [-0.1, -0.05) is 18.2 Å². The maximum absolute atomic E-state index is 12.6. The van der Waals surface area contributed by atoms with E-state index in [0.29, 0.717) is 5.82 Å². The number of imidazole rings is 1. The third-order valence-electron chi connectivity index (χ3n) is 3.92. The molecule has 1 aliphatic heterocycles. The van der Waals surface area contributed by atoms with E-state index in [4.69, 9.17) is 4.74 Å². The minimum absolute atomic E-state index is 0.0449. The van der Waals surface area contributed by atoms with Crippen molar-refractivity contribution in [3.63, 3.8) is 0 Å². The van der Waals surface area contributed by atoms with Crippen LogP contribution in [0.2, 0.25) is 0 Å². The number of ether oxygens (including phenoxy) is 1. The molecule has 1 fully saturated rings. The third-order valence-corrected chi connectivity index (χ3v) is 3.92. The summed E-state index contributed by atoms with van der Waals surface area (Å²) >= 11 is 0. The average molecular weight is 285 g/mol. The second kappa shape index (κ2) is 5.60. The normalized spacial score (nSPS) is 18.0. The first-order valence-corrected chi connectivity index (χ1v) is 7.16. The number of nitrogens with zero attached hydrogens (tertiary/aromatic N) is 2. The summed E-state index contributed by atoms with van der Waals surface area (Å²) in [6.45, 7) is 2.65. The van der Waals surface area contributed by atoms with Crippen LogP contribution < -0.4 is 4.74 Å². The van der Waals surface area contributed by atoms with E-state index in [0.717, 1.165) is 36.4 Å². The average Bonchev–Trinajstić information content (AvgIpc) is 3.15. The Labute approximate surface area is 124 Å². The fourth-order valence-corrected chi connectivity index (χ4v) is 2.93. The van der Waals surface area contributed by atoms with E-state index in [9.17, 15) is 4.79 Å². The number of hydrogen-bond acceptors (Lipinski definition) is 3. The van der Waals surface area contributed by atoms with E-state index in [-0.39, 0.29) is 11.9 Å². The zero-order valence-corrected chi connectivity index (χ0v) is 12.3. The minimum Gasteiger partial charge on any atom is -0.496 e. The van der Waals surface area contributed by atoms with Gasteiger partial charge >= 0.3 is 0 Å². The van der Waals surface area contributed by atoms with Crippen LogP contribution in [0.4, 0.5) is 0 Å². The summed E-state index contributed by atoms with van der Waals surface area (Å²) in [5.41, 5.74) is 1.96. The highest BCUT2D eigenvalue weighted by atomic mass is 16.5. The molecule has 5 heteroatoms. The molecule has 2 heterocycles. The Morgan fingerprint density at radius 2 is 2.24 bits per heavy atom. The van der Waals surface area contributed by atoms with E-state index in [1.165, 1.54) is 0 Å². The zero-order chi connectivity index (χ0) is 14.8. The first-order chi connectivity index (χ1) is 10.2. The van der Waals surface area contributed by atoms with Gasteiger partial charge in [0.15, 0.2) is 5.82 Å². The molecule has 1 N–H and O–H groups in total. The molecule has 0 radical (unpaired) electrons. The van der Waals surface area contributed by atoms with Crippen LogP contribution in [0.15, 0.2) is 30.5 Å². The van der Waals surface area contributed by atoms with Gasteiger partial charge in [0.2, 0.25) is 0 Å². The summed E-state index contributed by atoms with van der Waals surface area (Å²) in [7, 11) is 1.66. The summed E-state index contributed by atoms with van der Waals surface area (Å²) in [6, 6.07) is 7.95. The second-order valence-electron chi connectivity index (χ2n) is 5.31. The number of amides is 1. The number of para-hydroxylation sites is 1. The fourth-order valence-electron chi connectivity index (χ4n) is 2.93. The van der Waals surface area contributed by atoms with Gasteiger partial charge < -0.3 is 14.6 Å². The SMILES string of the molecule is COc1ccccc1[C@H]1CCCN1C(=O)c1ncc(C)[nH]1. The van der Waals surface area contributed by atoms with E-state index in [1.807, 2.05) is 36.1 Å². The maximum Gasteiger partial charge on any atom is 0.290 e. The molecule has 1 aromatic heterocycles. The molecule has 2 aromatic rings. The standard InChI is InChI=1S/C16H19N3O2/c1-11-10-17-15(18-11)16(20)19-9-5-7-13(19)12-6-3-4-8-14(12)21-2/h3-4,6,8,10,13H,5,7,9H2,1-2H3,(H,17,18)/t13-/m1/s1. The van der Waals surface area contributed by atoms with Crippen LogP contribution in [0.5, 0.6) is 5.75 Å². The fraction of sp³-hybridized carbons (Fsp3) is 0.375. The predicted molar refractivity (Wildman–Crippen MR) is 79.3 cm³/mol. The number of hydrogen-bond donors (Lipinski definition) is 1. The van der Waals surface area contributed by atoms with Crippen LogP contribution in [0.3, 0.4) is 0 Å². The Morgan fingerprint density at radius 3 is 2.95 bits per heavy atom. The Kier molecular flexibility index (Phi) is 3.64. The Hall–Kier alpha value is -2.30. The monoisotopic (exact) mass is 285 g/mol. The Morgan fingerprint density at radius 1 is 1.43 bits per heavy atom. The molecule has 1 amide bonds. The van der Waals surface area contributed by atoms with Crippen molar-refractivity contribution < 1.29 is 9.53 Å². The van der Waals surface area contributed by atoms with Crippen molar-refractivity contribution in [2.75, 3.05) is 13.7 Å². The summed E-state index contributed by atoms with van der Waals surface area (Å²) in [6.07, 6.45) is 3.63. The molecule has 0 saturated carbocycles. The quantitative estimate of drug-likeness (QED) is 0.943. The highest BCUT2D eigenvalue weighted by Gasteiger charge is 2.33. The first-order valence-electron chi connectivity index (χ1n) is 7.16. The van der Waals surface area contributed by atoms with Crippen LogP contribution in [0, 0.1) is 6.92 Å². The van der Waals surface area contributed by atoms with Gasteiger partial charge in [-0.25, -0.2) is 4.98 Å². The predicted octanol–water partition coefficient (Wildman–Crippen LogP) is 2.70. The van der Waals surface area contributed by atoms with Gasteiger partial charge in [0.25, 0.3) is 5.91 Å². The third kappa shape index (κ3) is 2.51. The van der Waals surface area contributed by atoms with Crippen LogP contribution >= 0.6 is 0 Å². The Bertz CT molecular complexity index is 650. The number of methoxy groups -OCH3 is 1. The molecule has 3 rings (SSSR count). The largest absolute Gasteiger partial charge is 0.496 e. The van der Waals surface area contributed by atoms with Crippen molar-refractivity contribution in [1.82, 2.24) is 14.9 Å². The number of benzene rings is 1. The molecule has 1 aliphatic rings. The first kappa shape index (κ1) is 13.7. The maximum atomic E-state index is 12.6. The number of aromatic nitrogens is 2. The summed E-state index contributed by atoms with van der Waals surface area (Å²) < 4.78 is 5.43. The topological polar surface area (TPSA) is 58.2 Å². The van der Waals surface area contributed by atoms with Crippen LogP contribution in [0.25, 0.3) is 0 Å². The molecule has 110 valence electrons. The molecule has 0 bridgehead atoms. The number of nitrogens with one attached hydrogen (secondary N) is 1. The zero-order valence-electron chi connectivity index (χ0n) is 12.3. The number of likely N-dealkylation sites (tertiary alicyclic amines) is 1. The number of aromatic amines is 1. The van der Waals surface area contributed by atoms with Gasteiger partial charge in [0.1, 0.15) is 5.75 Å². The minimum atomic E-state index is -0.0449. The van der Waals surface area contributed by atoms with Crippen molar-refractivity contribution >= 4 is 5.91 Å². The van der Waals surface area contributed by atoms with Gasteiger partial charge in [-0.2, -0.15) is 0 Å². The number of rotatable bonds is 3. The number of aryl methyl sites for hydroxylation is 1. The highest BCUT2D eigenvalue weighted by Crippen LogP contribution is 2.37. The van der Waals surface area contributed by atoms with E-state index in [1.54, 1.807) is 13.3 Å². The molecule has 1 saturated heterocycles. The summed E-state index contributed by atoms with van der Waals surface area (Å²) in [4.78, 5) is 21.7. The van der Waals surface area contributed by atoms with Gasteiger partial charge in [-0.05, 0) is 25.8 Å². The molecule has 21 heavy (non-hydrogen) atoms. The van der Waals surface area contributed by atoms with E-state index < -0.39 is 0 Å². The van der Waals surface area contributed by atoms with Crippen LogP contribution in [-0.4, -0.2) is 34.4 Å². The van der Waals surface area contributed by atoms with Crippen molar-refractivity contribution in [3.8, 4) is 5.75 Å². The lowest BCUT2D eigenvalue weighted by molar-refractivity contribution is 0.0722. The number of carbonyl (C=O) groups is 1. The molecule has 1 atom stereocenters. The molecular formula is C16H19N3O2. The Balaban J connectivity index is 1.90. The molecule has 1 aromatic carbocycles. The van der Waals surface area contributed by atoms with Crippen molar-refractivity contribution in [3.05, 3.63) is 47.5 Å². The lowest BCUT2D eigenvalue weighted by Gasteiger charge is -2.25. The summed E-state index contributed by atoms with van der Waals surface area (Å²) in [5, 5.41) is 0. The van der Waals surface area contributed by atoms with Crippen molar-refractivity contribution in [2.45, 2.75) is 25.8 Å². The lowest BCUT2D eigenvalue weighted by atomic mass is 10.0. The molecule has 0 aliphatic carbocycles. The summed E-state index contributed by atoms with van der Waals surface area (Å²) in [5.74, 6) is 1.20. The van der Waals surface area contributed by atoms with Gasteiger partial charge in [-0.3, -0.25) is 4.79 Å². The van der Waals surface area contributed by atoms with Gasteiger partial charge in [0.05, 0.1) is 13.2 Å². The molecular weight excluding hydrogens is 266 g/mol. The number of carbonyl (C=O) groups excluding carboxylic acids is 1. The van der Waals surface area contributed by atoms with Crippen LogP contribution in [0.1, 0.15) is 40.8 Å². The van der Waals surface area contributed by atoms with Gasteiger partial charge in [-0.15, -0.1) is 0 Å². The molecule has 0 unspecified atom stereocenters. The highest BCUT2D eigenvalue weighted by molar-refractivity contribution is 5.91. The van der Waals surface area contributed by atoms with Crippen molar-refractivity contribution in [2.24, 2.45) is 0 Å². The number of H-pyrrole nitrogens is 1. The lowest BCUT2D eigenvalue weighted by Crippen LogP contribution is -2.31. The molecule has 5 nitrogen and oxygen atoms in total. The van der Waals surface area contributed by atoms with Crippen LogP contribution in [-0.2, 0) is 0 Å². The molecule has 0 spiro atoms. The van der Waals surface area contributed by atoms with E-state index in [2.05, 4.69) is 9.97 Å². The smallest absolute Gasteiger partial charge is 0.290 e. The second-order valence-corrected chi connectivity index (χ2v) is 5.31. The van der Waals surface area contributed by atoms with Crippen molar-refractivity contribution in [1.29, 1.82) is 0 Å². The van der Waals surface area contributed by atoms with E-state index >= 15 is 0 Å².